The summed E-state index contributed by atoms with van der Waals surface area (Å²) >= 11 is 4.59. The van der Waals surface area contributed by atoms with Crippen molar-refractivity contribution >= 4 is 37.3 Å². The second kappa shape index (κ2) is 6.87. The van der Waals surface area contributed by atoms with E-state index in [-0.39, 0.29) is 6.04 Å². The van der Waals surface area contributed by atoms with Crippen molar-refractivity contribution in [1.82, 2.24) is 9.62 Å². The van der Waals surface area contributed by atoms with Crippen LogP contribution >= 0.6 is 27.3 Å². The maximum atomic E-state index is 12.6. The van der Waals surface area contributed by atoms with Gasteiger partial charge in [0.1, 0.15) is 4.21 Å². The summed E-state index contributed by atoms with van der Waals surface area (Å²) in [5.41, 5.74) is 0. The number of thiophene rings is 1. The first-order valence-electron chi connectivity index (χ1n) is 6.91. The van der Waals surface area contributed by atoms with Gasteiger partial charge in [0.05, 0.1) is 0 Å². The fourth-order valence-corrected chi connectivity index (χ4v) is 6.62. The Bertz CT molecular complexity index is 536. The van der Waals surface area contributed by atoms with Gasteiger partial charge in [0.25, 0.3) is 10.0 Å². The summed E-state index contributed by atoms with van der Waals surface area (Å²) in [6.45, 7) is 3.09. The Balaban J connectivity index is 2.05. The topological polar surface area (TPSA) is 49.4 Å². The molecule has 1 aromatic rings. The van der Waals surface area contributed by atoms with Crippen LogP contribution in [-0.4, -0.2) is 38.4 Å². The smallest absolute Gasteiger partial charge is 0.253 e. The lowest BCUT2D eigenvalue weighted by molar-refractivity contribution is 0.251. The molecular weight excluding hydrogens is 360 g/mol. The van der Waals surface area contributed by atoms with E-state index in [0.29, 0.717) is 14.7 Å². The molecule has 1 aliphatic carbocycles. The predicted octanol–water partition coefficient (Wildman–Crippen LogP) is 3.05. The predicted molar refractivity (Wildman–Crippen MR) is 86.7 cm³/mol. The first-order chi connectivity index (χ1) is 9.46. The third kappa shape index (κ3) is 3.44. The third-order valence-electron chi connectivity index (χ3n) is 3.90. The molecule has 0 atom stereocenters. The molecular formula is C13H21BrN2O2S2. The molecule has 0 aliphatic heterocycles. The van der Waals surface area contributed by atoms with Gasteiger partial charge in [-0.05, 0) is 59.6 Å². The van der Waals surface area contributed by atoms with Crippen LogP contribution in [0.2, 0.25) is 0 Å². The summed E-state index contributed by atoms with van der Waals surface area (Å²) in [6.07, 6.45) is 3.95. The molecule has 20 heavy (non-hydrogen) atoms. The van der Waals surface area contributed by atoms with Gasteiger partial charge in [0, 0.05) is 23.6 Å². The lowest BCUT2D eigenvalue weighted by atomic mass is 9.91. The summed E-state index contributed by atoms with van der Waals surface area (Å²) in [4.78, 5) is 0. The van der Waals surface area contributed by atoms with Gasteiger partial charge in [0.2, 0.25) is 0 Å². The molecule has 0 unspecified atom stereocenters. The molecule has 1 N–H and O–H groups in total. The molecule has 114 valence electrons. The Hall–Kier alpha value is 0.0500. The van der Waals surface area contributed by atoms with Crippen LogP contribution in [0.5, 0.6) is 0 Å². The number of rotatable bonds is 5. The number of sulfonamides is 1. The maximum Gasteiger partial charge on any atom is 0.253 e. The van der Waals surface area contributed by atoms with Crippen LogP contribution in [0, 0.1) is 0 Å². The molecule has 1 heterocycles. The van der Waals surface area contributed by atoms with Crippen molar-refractivity contribution in [1.29, 1.82) is 0 Å². The molecule has 1 saturated carbocycles. The summed E-state index contributed by atoms with van der Waals surface area (Å²) in [5.74, 6) is 0. The number of hydrogen-bond acceptors (Lipinski definition) is 4. The summed E-state index contributed by atoms with van der Waals surface area (Å²) in [6, 6.07) is 2.44. The molecule has 7 heteroatoms. The minimum Gasteiger partial charge on any atom is -0.314 e. The van der Waals surface area contributed by atoms with E-state index in [4.69, 9.17) is 0 Å². The number of halogens is 1. The lowest BCUT2D eigenvalue weighted by Gasteiger charge is -2.34. The largest absolute Gasteiger partial charge is 0.314 e. The van der Waals surface area contributed by atoms with Crippen molar-refractivity contribution in [2.24, 2.45) is 0 Å². The van der Waals surface area contributed by atoms with Gasteiger partial charge in [0.15, 0.2) is 0 Å². The molecule has 0 spiro atoms. The monoisotopic (exact) mass is 380 g/mol. The highest BCUT2D eigenvalue weighted by molar-refractivity contribution is 9.10. The molecule has 1 fully saturated rings. The van der Waals surface area contributed by atoms with Gasteiger partial charge in [-0.15, -0.1) is 11.3 Å². The summed E-state index contributed by atoms with van der Waals surface area (Å²) in [5, 5.41) is 5.24. The van der Waals surface area contributed by atoms with Gasteiger partial charge in [-0.25, -0.2) is 8.42 Å². The number of nitrogens with one attached hydrogen (secondary N) is 1. The van der Waals surface area contributed by atoms with E-state index in [1.165, 1.54) is 11.3 Å². The van der Waals surface area contributed by atoms with Crippen LogP contribution in [0.1, 0.15) is 32.6 Å². The third-order valence-corrected chi connectivity index (χ3v) is 8.46. The first kappa shape index (κ1) is 16.4. The zero-order valence-corrected chi connectivity index (χ0v) is 15.0. The normalized spacial score (nSPS) is 24.2. The van der Waals surface area contributed by atoms with E-state index < -0.39 is 10.0 Å². The van der Waals surface area contributed by atoms with E-state index in [0.717, 1.165) is 32.2 Å². The van der Waals surface area contributed by atoms with Gasteiger partial charge in [-0.1, -0.05) is 6.92 Å². The van der Waals surface area contributed by atoms with Crippen molar-refractivity contribution < 1.29 is 8.42 Å². The van der Waals surface area contributed by atoms with Crippen molar-refractivity contribution in [3.8, 4) is 0 Å². The molecule has 0 radical (unpaired) electrons. The van der Waals surface area contributed by atoms with E-state index in [1.807, 2.05) is 0 Å². The van der Waals surface area contributed by atoms with Gasteiger partial charge < -0.3 is 5.32 Å². The Morgan fingerprint density at radius 1 is 1.40 bits per heavy atom. The van der Waals surface area contributed by atoms with Crippen LogP contribution < -0.4 is 5.32 Å². The lowest BCUT2D eigenvalue weighted by Crippen LogP contribution is -2.43. The quantitative estimate of drug-likeness (QED) is 0.853. The fourth-order valence-electron chi connectivity index (χ4n) is 2.72. The molecule has 2 rings (SSSR count). The minimum absolute atomic E-state index is 0.115. The SMILES string of the molecule is CCNC1CCC(N(C)S(=O)(=O)c2sccc2Br)CC1. The molecule has 0 amide bonds. The molecule has 1 aliphatic rings. The highest BCUT2D eigenvalue weighted by atomic mass is 79.9. The van der Waals surface area contributed by atoms with Crippen LogP contribution in [0.15, 0.2) is 20.1 Å². The second-order valence-electron chi connectivity index (χ2n) is 5.14. The van der Waals surface area contributed by atoms with Crippen LogP contribution in [0.4, 0.5) is 0 Å². The van der Waals surface area contributed by atoms with Gasteiger partial charge >= 0.3 is 0 Å². The highest BCUT2D eigenvalue weighted by Crippen LogP contribution is 2.33. The zero-order valence-electron chi connectivity index (χ0n) is 11.8. The van der Waals surface area contributed by atoms with E-state index in [2.05, 4.69) is 28.2 Å². The second-order valence-corrected chi connectivity index (χ2v) is 9.10. The summed E-state index contributed by atoms with van der Waals surface area (Å²) < 4.78 is 27.9. The highest BCUT2D eigenvalue weighted by Gasteiger charge is 2.32. The average molecular weight is 381 g/mol. The van der Waals surface area contributed by atoms with Crippen molar-refractivity contribution in [2.45, 2.75) is 48.9 Å². The fraction of sp³-hybridized carbons (Fsp3) is 0.692. The number of hydrogen-bond donors (Lipinski definition) is 1. The van der Waals surface area contributed by atoms with Crippen LogP contribution in [0.25, 0.3) is 0 Å². The standard InChI is InChI=1S/C13H21BrN2O2S2/c1-3-15-10-4-6-11(7-5-10)16(2)20(17,18)13-12(14)8-9-19-13/h8-11,15H,3-7H2,1-2H3. The number of nitrogens with zero attached hydrogens (tertiary/aromatic N) is 1. The molecule has 1 aromatic heterocycles. The Morgan fingerprint density at radius 3 is 2.55 bits per heavy atom. The van der Waals surface area contributed by atoms with E-state index in [9.17, 15) is 8.42 Å². The van der Waals surface area contributed by atoms with Crippen LogP contribution in [0.3, 0.4) is 0 Å². The van der Waals surface area contributed by atoms with Gasteiger partial charge in [-0.3, -0.25) is 0 Å². The average Bonchev–Trinajstić information content (AvgIpc) is 2.86. The molecule has 4 nitrogen and oxygen atoms in total. The van der Waals surface area contributed by atoms with Crippen molar-refractivity contribution in [2.75, 3.05) is 13.6 Å². The van der Waals surface area contributed by atoms with Crippen LogP contribution in [-0.2, 0) is 10.0 Å². The Morgan fingerprint density at radius 2 is 2.05 bits per heavy atom. The summed E-state index contributed by atoms with van der Waals surface area (Å²) in [7, 11) is -1.66. The van der Waals surface area contributed by atoms with E-state index >= 15 is 0 Å². The zero-order chi connectivity index (χ0) is 14.8. The molecule has 0 bridgehead atoms. The maximum absolute atomic E-state index is 12.6. The Labute approximate surface area is 133 Å². The van der Waals surface area contributed by atoms with Crippen molar-refractivity contribution in [3.63, 3.8) is 0 Å². The molecule has 0 saturated heterocycles. The Kier molecular flexibility index (Phi) is 5.64. The molecule has 0 aromatic carbocycles. The first-order valence-corrected chi connectivity index (χ1v) is 10.0. The van der Waals surface area contributed by atoms with E-state index in [1.54, 1.807) is 22.8 Å². The van der Waals surface area contributed by atoms with Gasteiger partial charge in [-0.2, -0.15) is 4.31 Å². The minimum atomic E-state index is -3.37. The van der Waals surface area contributed by atoms with Crippen molar-refractivity contribution in [3.05, 3.63) is 15.9 Å².